The Labute approximate surface area is 141 Å². The summed E-state index contributed by atoms with van der Waals surface area (Å²) in [6, 6.07) is 6.06. The maximum atomic E-state index is 13.5. The smallest absolute Gasteiger partial charge is 0.318 e. The standard InChI is InChI=1S/C18H24FN3O2/c19-15-7-5-6-14(12-15)16-8-1-2-11-22(16)18(24)20-13-17(23)21-9-3-4-10-21/h5-7,12,16H,1-4,8-11,13H2,(H,20,24)/t16-/m1/s1. The van der Waals surface area contributed by atoms with Crippen LogP contribution < -0.4 is 5.32 Å². The van der Waals surface area contributed by atoms with Crippen molar-refractivity contribution in [2.75, 3.05) is 26.2 Å². The highest BCUT2D eigenvalue weighted by molar-refractivity contribution is 5.84. The SMILES string of the molecule is O=C(CNC(=O)N1CCCC[C@@H]1c1cccc(F)c1)N1CCCC1. The van der Waals surface area contributed by atoms with Gasteiger partial charge in [-0.25, -0.2) is 9.18 Å². The highest BCUT2D eigenvalue weighted by Gasteiger charge is 2.29. The van der Waals surface area contributed by atoms with Crippen molar-refractivity contribution in [2.45, 2.75) is 38.1 Å². The highest BCUT2D eigenvalue weighted by atomic mass is 19.1. The number of amides is 3. The summed E-state index contributed by atoms with van der Waals surface area (Å²) in [5.74, 6) is -0.317. The lowest BCUT2D eigenvalue weighted by atomic mass is 9.95. The summed E-state index contributed by atoms with van der Waals surface area (Å²) in [5, 5.41) is 2.75. The molecular weight excluding hydrogens is 309 g/mol. The number of urea groups is 1. The van der Waals surface area contributed by atoms with Gasteiger partial charge in [0.15, 0.2) is 0 Å². The van der Waals surface area contributed by atoms with Crippen molar-refractivity contribution in [1.82, 2.24) is 15.1 Å². The van der Waals surface area contributed by atoms with Gasteiger partial charge >= 0.3 is 6.03 Å². The molecule has 2 aliphatic heterocycles. The minimum absolute atomic E-state index is 0.0276. The number of carbonyl (C=O) groups is 2. The lowest BCUT2D eigenvalue weighted by Crippen LogP contribution is -2.47. The Hall–Kier alpha value is -2.11. The van der Waals surface area contributed by atoms with Gasteiger partial charge in [0.05, 0.1) is 12.6 Å². The fraction of sp³-hybridized carbons (Fsp3) is 0.556. The van der Waals surface area contributed by atoms with E-state index in [1.807, 2.05) is 6.07 Å². The van der Waals surface area contributed by atoms with Gasteiger partial charge < -0.3 is 15.1 Å². The highest BCUT2D eigenvalue weighted by Crippen LogP contribution is 2.31. The van der Waals surface area contributed by atoms with Gasteiger partial charge in [-0.1, -0.05) is 12.1 Å². The van der Waals surface area contributed by atoms with Crippen LogP contribution in [0.2, 0.25) is 0 Å². The monoisotopic (exact) mass is 333 g/mol. The first-order valence-electron chi connectivity index (χ1n) is 8.73. The first kappa shape index (κ1) is 16.7. The normalized spacial score (nSPS) is 21.0. The van der Waals surface area contributed by atoms with Gasteiger partial charge in [0.1, 0.15) is 5.82 Å². The Balaban J connectivity index is 1.62. The van der Waals surface area contributed by atoms with Gasteiger partial charge in [0.2, 0.25) is 5.91 Å². The number of nitrogens with one attached hydrogen (secondary N) is 1. The molecule has 0 radical (unpaired) electrons. The molecule has 6 heteroatoms. The summed E-state index contributed by atoms with van der Waals surface area (Å²) >= 11 is 0. The third kappa shape index (κ3) is 3.86. The van der Waals surface area contributed by atoms with Crippen LogP contribution in [0.3, 0.4) is 0 Å². The maximum Gasteiger partial charge on any atom is 0.318 e. The minimum Gasteiger partial charge on any atom is -0.341 e. The average molecular weight is 333 g/mol. The number of likely N-dealkylation sites (tertiary alicyclic amines) is 2. The molecule has 1 atom stereocenters. The van der Waals surface area contributed by atoms with E-state index in [0.717, 1.165) is 50.8 Å². The fourth-order valence-corrected chi connectivity index (χ4v) is 3.57. The van der Waals surface area contributed by atoms with Crippen LogP contribution in [0.4, 0.5) is 9.18 Å². The molecule has 0 saturated carbocycles. The van der Waals surface area contributed by atoms with Crippen molar-refractivity contribution in [1.29, 1.82) is 0 Å². The summed E-state index contributed by atoms with van der Waals surface area (Å²) < 4.78 is 13.5. The molecule has 3 rings (SSSR count). The molecule has 2 heterocycles. The predicted octanol–water partition coefficient (Wildman–Crippen LogP) is 2.68. The molecule has 2 saturated heterocycles. The number of piperidine rings is 1. The molecule has 0 aromatic heterocycles. The van der Waals surface area contributed by atoms with Crippen LogP contribution in [0.15, 0.2) is 24.3 Å². The second-order valence-electron chi connectivity index (χ2n) is 6.51. The van der Waals surface area contributed by atoms with Gasteiger partial charge in [-0.3, -0.25) is 4.79 Å². The molecule has 1 aromatic rings. The number of hydrogen-bond donors (Lipinski definition) is 1. The Bertz CT molecular complexity index is 602. The number of hydrogen-bond acceptors (Lipinski definition) is 2. The van der Waals surface area contributed by atoms with Crippen LogP contribution in [0.25, 0.3) is 0 Å². The molecule has 2 aliphatic rings. The van der Waals surface area contributed by atoms with Crippen LogP contribution in [-0.2, 0) is 4.79 Å². The van der Waals surface area contributed by atoms with Gasteiger partial charge in [0, 0.05) is 19.6 Å². The van der Waals surface area contributed by atoms with Crippen molar-refractivity contribution < 1.29 is 14.0 Å². The molecule has 1 N–H and O–H groups in total. The van der Waals surface area contributed by atoms with E-state index in [0.29, 0.717) is 6.54 Å². The zero-order chi connectivity index (χ0) is 16.9. The molecule has 5 nitrogen and oxygen atoms in total. The van der Waals surface area contributed by atoms with Crippen molar-refractivity contribution >= 4 is 11.9 Å². The van der Waals surface area contributed by atoms with Gasteiger partial charge in [-0.05, 0) is 49.8 Å². The predicted molar refractivity (Wildman–Crippen MR) is 88.9 cm³/mol. The van der Waals surface area contributed by atoms with E-state index in [4.69, 9.17) is 0 Å². The van der Waals surface area contributed by atoms with E-state index in [1.165, 1.54) is 12.1 Å². The van der Waals surface area contributed by atoms with Crippen LogP contribution in [-0.4, -0.2) is 47.9 Å². The zero-order valence-electron chi connectivity index (χ0n) is 13.8. The van der Waals surface area contributed by atoms with E-state index in [9.17, 15) is 14.0 Å². The van der Waals surface area contributed by atoms with Crippen LogP contribution in [0.5, 0.6) is 0 Å². The molecule has 0 spiro atoms. The summed E-state index contributed by atoms with van der Waals surface area (Å²) in [6.07, 6.45) is 4.83. The van der Waals surface area contributed by atoms with Gasteiger partial charge in [-0.15, -0.1) is 0 Å². The topological polar surface area (TPSA) is 52.7 Å². The van der Waals surface area contributed by atoms with Crippen LogP contribution in [0, 0.1) is 5.82 Å². The number of nitrogens with zero attached hydrogens (tertiary/aromatic N) is 2. The van der Waals surface area contributed by atoms with Crippen molar-refractivity contribution in [2.24, 2.45) is 0 Å². The third-order valence-electron chi connectivity index (χ3n) is 4.85. The third-order valence-corrected chi connectivity index (χ3v) is 4.85. The molecule has 1 aromatic carbocycles. The lowest BCUT2D eigenvalue weighted by Gasteiger charge is -2.36. The van der Waals surface area contributed by atoms with Crippen LogP contribution >= 0.6 is 0 Å². The van der Waals surface area contributed by atoms with Crippen molar-refractivity contribution in [3.63, 3.8) is 0 Å². The van der Waals surface area contributed by atoms with Gasteiger partial charge in [-0.2, -0.15) is 0 Å². The lowest BCUT2D eigenvalue weighted by molar-refractivity contribution is -0.129. The fourth-order valence-electron chi connectivity index (χ4n) is 3.57. The number of rotatable bonds is 3. The van der Waals surface area contributed by atoms with E-state index in [1.54, 1.807) is 15.9 Å². The van der Waals surface area contributed by atoms with Crippen LogP contribution in [0.1, 0.15) is 43.7 Å². The molecule has 2 fully saturated rings. The molecule has 3 amide bonds. The average Bonchev–Trinajstić information content (AvgIpc) is 3.14. The Morgan fingerprint density at radius 3 is 2.62 bits per heavy atom. The number of benzene rings is 1. The maximum absolute atomic E-state index is 13.5. The Morgan fingerprint density at radius 2 is 1.88 bits per heavy atom. The van der Waals surface area contributed by atoms with E-state index in [2.05, 4.69) is 5.32 Å². The Kier molecular flexibility index (Phi) is 5.33. The summed E-state index contributed by atoms with van der Waals surface area (Å²) in [5.41, 5.74) is 0.815. The van der Waals surface area contributed by atoms with E-state index < -0.39 is 0 Å². The quantitative estimate of drug-likeness (QED) is 0.925. The molecule has 0 aliphatic carbocycles. The second-order valence-corrected chi connectivity index (χ2v) is 6.51. The number of carbonyl (C=O) groups excluding carboxylic acids is 2. The summed E-state index contributed by atoms with van der Waals surface area (Å²) in [7, 11) is 0. The zero-order valence-corrected chi connectivity index (χ0v) is 13.8. The number of halogens is 1. The van der Waals surface area contributed by atoms with E-state index >= 15 is 0 Å². The summed E-state index contributed by atoms with van der Waals surface area (Å²) in [6.45, 7) is 2.23. The van der Waals surface area contributed by atoms with Gasteiger partial charge in [0.25, 0.3) is 0 Å². The molecule has 130 valence electrons. The van der Waals surface area contributed by atoms with Crippen molar-refractivity contribution in [3.8, 4) is 0 Å². The van der Waals surface area contributed by atoms with E-state index in [-0.39, 0.29) is 30.3 Å². The molecule has 24 heavy (non-hydrogen) atoms. The van der Waals surface area contributed by atoms with Crippen molar-refractivity contribution in [3.05, 3.63) is 35.6 Å². The largest absolute Gasteiger partial charge is 0.341 e. The summed E-state index contributed by atoms with van der Waals surface area (Å²) in [4.78, 5) is 28.1. The molecule has 0 unspecified atom stereocenters. The minimum atomic E-state index is -0.289. The Morgan fingerprint density at radius 1 is 1.12 bits per heavy atom. The molecule has 0 bridgehead atoms. The second kappa shape index (κ2) is 7.64. The first-order chi connectivity index (χ1) is 11.6. The first-order valence-corrected chi connectivity index (χ1v) is 8.73. The molecular formula is C18H24FN3O2.